The molecule has 0 spiro atoms. The Morgan fingerprint density at radius 1 is 1.15 bits per heavy atom. The van der Waals surface area contributed by atoms with Crippen molar-refractivity contribution in [1.82, 2.24) is 5.32 Å². The molecule has 5 nitrogen and oxygen atoms in total. The minimum Gasteiger partial charge on any atom is -0.383 e. The number of carbonyl (C=O) groups excluding carboxylic acids is 2. The molecule has 2 N–H and O–H groups in total. The maximum atomic E-state index is 12.7. The molecular weight excluding hydrogens is 416 g/mol. The average Bonchev–Trinajstić information content (AvgIpc) is 3.00. The SMILES string of the molecule is COCCNC(=O)c1c(NC(=O)c2ccc(Br)cc2)sc2c1CCCC2. The fourth-order valence-electron chi connectivity index (χ4n) is 3.03. The summed E-state index contributed by atoms with van der Waals surface area (Å²) < 4.78 is 5.91. The Kier molecular flexibility index (Phi) is 6.45. The summed E-state index contributed by atoms with van der Waals surface area (Å²) in [4.78, 5) is 26.5. The van der Waals surface area contributed by atoms with Crippen LogP contribution in [-0.4, -0.2) is 32.1 Å². The van der Waals surface area contributed by atoms with Crippen molar-refractivity contribution >= 4 is 44.1 Å². The molecule has 1 aromatic heterocycles. The van der Waals surface area contributed by atoms with E-state index < -0.39 is 0 Å². The highest BCUT2D eigenvalue weighted by molar-refractivity contribution is 9.10. The van der Waals surface area contributed by atoms with Crippen LogP contribution in [0.1, 0.15) is 44.0 Å². The van der Waals surface area contributed by atoms with Gasteiger partial charge < -0.3 is 15.4 Å². The van der Waals surface area contributed by atoms with Gasteiger partial charge in [0.1, 0.15) is 5.00 Å². The number of thiophene rings is 1. The minimum atomic E-state index is -0.206. The van der Waals surface area contributed by atoms with E-state index in [2.05, 4.69) is 26.6 Å². The van der Waals surface area contributed by atoms with Gasteiger partial charge in [0, 0.05) is 28.6 Å². The molecule has 0 saturated carbocycles. The van der Waals surface area contributed by atoms with Crippen LogP contribution >= 0.6 is 27.3 Å². The van der Waals surface area contributed by atoms with Crippen LogP contribution in [0.3, 0.4) is 0 Å². The molecule has 7 heteroatoms. The number of methoxy groups -OCH3 is 1. The van der Waals surface area contributed by atoms with Crippen LogP contribution in [0.2, 0.25) is 0 Å². The summed E-state index contributed by atoms with van der Waals surface area (Å²) in [6.07, 6.45) is 4.04. The molecule has 0 fully saturated rings. The van der Waals surface area contributed by atoms with E-state index in [9.17, 15) is 9.59 Å². The van der Waals surface area contributed by atoms with Gasteiger partial charge in [0.2, 0.25) is 0 Å². The molecule has 0 atom stereocenters. The quantitative estimate of drug-likeness (QED) is 0.671. The highest BCUT2D eigenvalue weighted by Crippen LogP contribution is 2.38. The van der Waals surface area contributed by atoms with Crippen molar-refractivity contribution in [2.24, 2.45) is 0 Å². The molecule has 0 aliphatic heterocycles. The van der Waals surface area contributed by atoms with Gasteiger partial charge in [0.05, 0.1) is 12.2 Å². The van der Waals surface area contributed by atoms with Gasteiger partial charge in [-0.1, -0.05) is 15.9 Å². The summed E-state index contributed by atoms with van der Waals surface area (Å²) in [6.45, 7) is 0.901. The second-order valence-corrected chi connectivity index (χ2v) is 8.15. The summed E-state index contributed by atoms with van der Waals surface area (Å²) in [5, 5.41) is 6.47. The van der Waals surface area contributed by atoms with Crippen molar-refractivity contribution in [3.8, 4) is 0 Å². The van der Waals surface area contributed by atoms with Crippen molar-refractivity contribution in [2.75, 3.05) is 25.6 Å². The van der Waals surface area contributed by atoms with Crippen LogP contribution in [-0.2, 0) is 17.6 Å². The van der Waals surface area contributed by atoms with Gasteiger partial charge in [-0.2, -0.15) is 0 Å². The molecule has 138 valence electrons. The Bertz CT molecular complexity index is 802. The van der Waals surface area contributed by atoms with E-state index >= 15 is 0 Å². The highest BCUT2D eigenvalue weighted by Gasteiger charge is 2.26. The molecule has 1 aromatic carbocycles. The van der Waals surface area contributed by atoms with Gasteiger partial charge in [0.15, 0.2) is 0 Å². The number of rotatable bonds is 6. The lowest BCUT2D eigenvalue weighted by molar-refractivity contribution is 0.0937. The van der Waals surface area contributed by atoms with E-state index in [0.717, 1.165) is 35.7 Å². The van der Waals surface area contributed by atoms with E-state index in [4.69, 9.17) is 4.74 Å². The Balaban J connectivity index is 1.85. The molecule has 0 unspecified atom stereocenters. The van der Waals surface area contributed by atoms with Gasteiger partial charge in [-0.05, 0) is 55.5 Å². The summed E-state index contributed by atoms with van der Waals surface area (Å²) >= 11 is 4.89. The number of carbonyl (C=O) groups is 2. The number of aryl methyl sites for hydroxylation is 1. The van der Waals surface area contributed by atoms with E-state index in [1.807, 2.05) is 12.1 Å². The standard InChI is InChI=1S/C19H21BrN2O3S/c1-25-11-10-21-18(24)16-14-4-2-3-5-15(14)26-19(16)22-17(23)12-6-8-13(20)9-7-12/h6-9H,2-5,10-11H2,1H3,(H,21,24)(H,22,23). The zero-order chi connectivity index (χ0) is 18.5. The molecule has 2 aromatic rings. The zero-order valence-electron chi connectivity index (χ0n) is 14.6. The molecule has 2 amide bonds. The first kappa shape index (κ1) is 19.1. The third-order valence-corrected chi connectivity index (χ3v) is 6.06. The van der Waals surface area contributed by atoms with Gasteiger partial charge in [0.25, 0.3) is 11.8 Å². The number of fused-ring (bicyclic) bond motifs is 1. The molecule has 3 rings (SSSR count). The summed E-state index contributed by atoms with van der Waals surface area (Å²) in [5.74, 6) is -0.352. The fourth-order valence-corrected chi connectivity index (χ4v) is 4.57. The number of hydrogen-bond donors (Lipinski definition) is 2. The molecule has 1 heterocycles. The molecular formula is C19H21BrN2O3S. The molecule has 1 aliphatic rings. The van der Waals surface area contributed by atoms with Crippen LogP contribution in [0.15, 0.2) is 28.7 Å². The zero-order valence-corrected chi connectivity index (χ0v) is 17.0. The van der Waals surface area contributed by atoms with Crippen LogP contribution in [0.5, 0.6) is 0 Å². The van der Waals surface area contributed by atoms with E-state index in [0.29, 0.717) is 29.3 Å². The fraction of sp³-hybridized carbons (Fsp3) is 0.368. The Morgan fingerprint density at radius 2 is 1.88 bits per heavy atom. The molecule has 0 radical (unpaired) electrons. The number of anilines is 1. The van der Waals surface area contributed by atoms with E-state index in [-0.39, 0.29) is 11.8 Å². The number of amides is 2. The first-order chi connectivity index (χ1) is 12.6. The van der Waals surface area contributed by atoms with Crippen molar-refractivity contribution in [3.05, 3.63) is 50.3 Å². The van der Waals surface area contributed by atoms with E-state index in [1.54, 1.807) is 19.2 Å². The molecule has 0 bridgehead atoms. The largest absolute Gasteiger partial charge is 0.383 e. The van der Waals surface area contributed by atoms with Crippen LogP contribution in [0.25, 0.3) is 0 Å². The number of hydrogen-bond acceptors (Lipinski definition) is 4. The smallest absolute Gasteiger partial charge is 0.256 e. The van der Waals surface area contributed by atoms with Gasteiger partial charge in [-0.25, -0.2) is 0 Å². The summed E-state index contributed by atoms with van der Waals surface area (Å²) in [5.41, 5.74) is 2.26. The maximum absolute atomic E-state index is 12.7. The first-order valence-electron chi connectivity index (χ1n) is 8.58. The van der Waals surface area contributed by atoms with Crippen molar-refractivity contribution in [1.29, 1.82) is 0 Å². The lowest BCUT2D eigenvalue weighted by Gasteiger charge is -2.13. The molecule has 1 aliphatic carbocycles. The Morgan fingerprint density at radius 3 is 2.62 bits per heavy atom. The van der Waals surface area contributed by atoms with Gasteiger partial charge >= 0.3 is 0 Å². The average molecular weight is 437 g/mol. The first-order valence-corrected chi connectivity index (χ1v) is 10.2. The van der Waals surface area contributed by atoms with E-state index in [1.165, 1.54) is 16.2 Å². The van der Waals surface area contributed by atoms with Gasteiger partial charge in [-0.3, -0.25) is 9.59 Å². The van der Waals surface area contributed by atoms with Gasteiger partial charge in [-0.15, -0.1) is 11.3 Å². The highest BCUT2D eigenvalue weighted by atomic mass is 79.9. The number of benzene rings is 1. The molecule has 26 heavy (non-hydrogen) atoms. The number of halogens is 1. The lowest BCUT2D eigenvalue weighted by atomic mass is 9.95. The summed E-state index contributed by atoms with van der Waals surface area (Å²) in [6, 6.07) is 7.16. The Hall–Kier alpha value is -1.70. The Labute approximate surface area is 165 Å². The third-order valence-electron chi connectivity index (χ3n) is 4.32. The van der Waals surface area contributed by atoms with Crippen molar-refractivity contribution in [2.45, 2.75) is 25.7 Å². The second kappa shape index (κ2) is 8.79. The van der Waals surface area contributed by atoms with Crippen LogP contribution in [0.4, 0.5) is 5.00 Å². The normalized spacial score (nSPS) is 13.2. The topological polar surface area (TPSA) is 67.4 Å². The minimum absolute atomic E-state index is 0.146. The maximum Gasteiger partial charge on any atom is 0.256 e. The lowest BCUT2D eigenvalue weighted by Crippen LogP contribution is -2.28. The number of nitrogens with one attached hydrogen (secondary N) is 2. The predicted octanol–water partition coefficient (Wildman–Crippen LogP) is 4.02. The number of ether oxygens (including phenoxy) is 1. The predicted molar refractivity (Wildman–Crippen MR) is 107 cm³/mol. The van der Waals surface area contributed by atoms with Crippen LogP contribution < -0.4 is 10.6 Å². The summed E-state index contributed by atoms with van der Waals surface area (Å²) in [7, 11) is 1.60. The molecule has 0 saturated heterocycles. The third kappa shape index (κ3) is 4.34. The van der Waals surface area contributed by atoms with Crippen LogP contribution in [0, 0.1) is 0 Å². The second-order valence-electron chi connectivity index (χ2n) is 6.12. The van der Waals surface area contributed by atoms with Crippen molar-refractivity contribution in [3.63, 3.8) is 0 Å². The van der Waals surface area contributed by atoms with Crippen molar-refractivity contribution < 1.29 is 14.3 Å². The monoisotopic (exact) mass is 436 g/mol.